The van der Waals surface area contributed by atoms with Gasteiger partial charge in [-0.2, -0.15) is 0 Å². The van der Waals surface area contributed by atoms with E-state index in [2.05, 4.69) is 39.9 Å². The van der Waals surface area contributed by atoms with Crippen LogP contribution in [0.15, 0.2) is 0 Å². The van der Waals surface area contributed by atoms with Crippen LogP contribution in [0.1, 0.15) is 66.7 Å². The first kappa shape index (κ1) is 15.8. The quantitative estimate of drug-likeness (QED) is 0.842. The molecule has 0 aliphatic carbocycles. The van der Waals surface area contributed by atoms with Crippen LogP contribution in [-0.2, 0) is 9.47 Å². The number of hydrogen-bond donors (Lipinski definition) is 1. The average Bonchev–Trinajstić information content (AvgIpc) is 3.03. The molecular weight excluding hydrogens is 262 g/mol. The van der Waals surface area contributed by atoms with Gasteiger partial charge in [0.1, 0.15) is 0 Å². The van der Waals surface area contributed by atoms with Gasteiger partial charge in [-0.25, -0.2) is 0 Å². The predicted octanol–water partition coefficient (Wildman–Crippen LogP) is 3.52. The fraction of sp³-hybridized carbons (Fsp3) is 1.00. The molecule has 3 heteroatoms. The highest BCUT2D eigenvalue weighted by atomic mass is 16.5. The van der Waals surface area contributed by atoms with Crippen LogP contribution in [0.2, 0.25) is 0 Å². The Hall–Kier alpha value is -0.120. The van der Waals surface area contributed by atoms with Gasteiger partial charge in [0.05, 0.1) is 23.4 Å². The largest absolute Gasteiger partial charge is 0.375 e. The summed E-state index contributed by atoms with van der Waals surface area (Å²) in [5.74, 6) is 1.25. The molecule has 0 aromatic carbocycles. The third-order valence-corrected chi connectivity index (χ3v) is 5.82. The van der Waals surface area contributed by atoms with Crippen molar-refractivity contribution in [1.29, 1.82) is 0 Å². The van der Waals surface area contributed by atoms with E-state index in [4.69, 9.17) is 9.47 Å². The Balaban J connectivity index is 1.79. The third-order valence-electron chi connectivity index (χ3n) is 5.82. The number of hydrogen-bond acceptors (Lipinski definition) is 3. The summed E-state index contributed by atoms with van der Waals surface area (Å²) in [7, 11) is 0. The lowest BCUT2D eigenvalue weighted by atomic mass is 9.72. The average molecular weight is 295 g/mol. The molecule has 3 heterocycles. The van der Waals surface area contributed by atoms with E-state index in [0.29, 0.717) is 30.1 Å². The molecule has 21 heavy (non-hydrogen) atoms. The minimum Gasteiger partial charge on any atom is -0.375 e. The van der Waals surface area contributed by atoms with Crippen LogP contribution >= 0.6 is 0 Å². The SMILES string of the molecule is CCCNC(C1CC2CCC1O2)C1CC(C)(C)OC1(C)C. The fourth-order valence-corrected chi connectivity index (χ4v) is 5.12. The Labute approximate surface area is 130 Å². The molecule has 5 unspecified atom stereocenters. The van der Waals surface area contributed by atoms with E-state index < -0.39 is 0 Å². The molecule has 3 aliphatic heterocycles. The standard InChI is InChI=1S/C18H33NO2/c1-6-9-19-16(13-10-12-7-8-15(13)20-12)14-11-17(2,3)21-18(14,4)5/h12-16,19H,6-11H2,1-5H3. The third kappa shape index (κ3) is 3.02. The lowest BCUT2D eigenvalue weighted by molar-refractivity contribution is -0.0806. The van der Waals surface area contributed by atoms with Gasteiger partial charge in [-0.1, -0.05) is 6.92 Å². The van der Waals surface area contributed by atoms with E-state index >= 15 is 0 Å². The van der Waals surface area contributed by atoms with Gasteiger partial charge in [-0.15, -0.1) is 0 Å². The van der Waals surface area contributed by atoms with Crippen molar-refractivity contribution in [2.45, 2.75) is 96.2 Å². The van der Waals surface area contributed by atoms with E-state index in [1.165, 1.54) is 25.7 Å². The highest BCUT2D eigenvalue weighted by Crippen LogP contribution is 2.49. The van der Waals surface area contributed by atoms with Gasteiger partial charge in [0, 0.05) is 17.9 Å². The zero-order valence-corrected chi connectivity index (χ0v) is 14.4. The number of rotatable bonds is 5. The van der Waals surface area contributed by atoms with Crippen LogP contribution in [0.25, 0.3) is 0 Å². The van der Waals surface area contributed by atoms with Crippen LogP contribution in [0.3, 0.4) is 0 Å². The van der Waals surface area contributed by atoms with Gasteiger partial charge in [0.2, 0.25) is 0 Å². The fourth-order valence-electron chi connectivity index (χ4n) is 5.12. The Bertz CT molecular complexity index is 379. The Morgan fingerprint density at radius 3 is 2.43 bits per heavy atom. The van der Waals surface area contributed by atoms with Crippen LogP contribution in [-0.4, -0.2) is 36.0 Å². The maximum atomic E-state index is 6.37. The van der Waals surface area contributed by atoms with E-state index in [9.17, 15) is 0 Å². The van der Waals surface area contributed by atoms with Gasteiger partial charge < -0.3 is 14.8 Å². The Morgan fingerprint density at radius 2 is 1.95 bits per heavy atom. The van der Waals surface area contributed by atoms with Crippen LogP contribution in [0, 0.1) is 11.8 Å². The van der Waals surface area contributed by atoms with Crippen LogP contribution in [0.5, 0.6) is 0 Å². The molecule has 3 rings (SSSR count). The van der Waals surface area contributed by atoms with Crippen molar-refractivity contribution in [1.82, 2.24) is 5.32 Å². The Morgan fingerprint density at radius 1 is 1.19 bits per heavy atom. The van der Waals surface area contributed by atoms with Crippen LogP contribution < -0.4 is 5.32 Å². The molecule has 0 amide bonds. The summed E-state index contributed by atoms with van der Waals surface area (Å²) < 4.78 is 12.5. The summed E-state index contributed by atoms with van der Waals surface area (Å²) in [5.41, 5.74) is -0.0461. The highest BCUT2D eigenvalue weighted by Gasteiger charge is 2.54. The minimum absolute atomic E-state index is 0.00120. The van der Waals surface area contributed by atoms with Gasteiger partial charge in [0.25, 0.3) is 0 Å². The minimum atomic E-state index is -0.0449. The second-order valence-electron chi connectivity index (χ2n) is 8.53. The molecule has 3 fully saturated rings. The van der Waals surface area contributed by atoms with Crippen molar-refractivity contribution in [2.75, 3.05) is 6.54 Å². The molecule has 2 bridgehead atoms. The van der Waals surface area contributed by atoms with Crippen molar-refractivity contribution >= 4 is 0 Å². The maximum Gasteiger partial charge on any atom is 0.0677 e. The van der Waals surface area contributed by atoms with Gasteiger partial charge in [-0.05, 0) is 66.3 Å². The second-order valence-corrected chi connectivity index (χ2v) is 8.53. The monoisotopic (exact) mass is 295 g/mol. The smallest absolute Gasteiger partial charge is 0.0677 e. The maximum absolute atomic E-state index is 6.37. The molecule has 0 aromatic rings. The predicted molar refractivity (Wildman–Crippen MR) is 85.4 cm³/mol. The first-order valence-electron chi connectivity index (χ1n) is 8.91. The first-order valence-corrected chi connectivity index (χ1v) is 8.91. The molecule has 1 N–H and O–H groups in total. The molecular formula is C18H33NO2. The summed E-state index contributed by atoms with van der Waals surface area (Å²) >= 11 is 0. The van der Waals surface area contributed by atoms with Crippen molar-refractivity contribution in [3.63, 3.8) is 0 Å². The topological polar surface area (TPSA) is 30.5 Å². The van der Waals surface area contributed by atoms with Crippen LogP contribution in [0.4, 0.5) is 0 Å². The summed E-state index contributed by atoms with van der Waals surface area (Å²) in [6.45, 7) is 12.4. The van der Waals surface area contributed by atoms with E-state index in [0.717, 1.165) is 13.0 Å². The van der Waals surface area contributed by atoms with Gasteiger partial charge in [0.15, 0.2) is 0 Å². The van der Waals surface area contributed by atoms with Gasteiger partial charge >= 0.3 is 0 Å². The molecule has 3 aliphatic rings. The molecule has 0 radical (unpaired) electrons. The summed E-state index contributed by atoms with van der Waals surface area (Å²) in [6.07, 6.45) is 7.15. The first-order chi connectivity index (χ1) is 9.82. The Kier molecular flexibility index (Phi) is 4.13. The van der Waals surface area contributed by atoms with E-state index in [1.54, 1.807) is 0 Å². The number of ether oxygens (including phenoxy) is 2. The van der Waals surface area contributed by atoms with Crippen molar-refractivity contribution < 1.29 is 9.47 Å². The van der Waals surface area contributed by atoms with E-state index in [-0.39, 0.29) is 11.2 Å². The molecule has 0 aromatic heterocycles. The second kappa shape index (κ2) is 5.50. The zero-order chi connectivity index (χ0) is 15.3. The van der Waals surface area contributed by atoms with Crippen molar-refractivity contribution in [2.24, 2.45) is 11.8 Å². The lowest BCUT2D eigenvalue weighted by Crippen LogP contribution is -2.51. The number of nitrogens with one attached hydrogen (secondary N) is 1. The van der Waals surface area contributed by atoms with Crippen molar-refractivity contribution in [3.05, 3.63) is 0 Å². The summed E-state index contributed by atoms with van der Waals surface area (Å²) in [6, 6.07) is 0.539. The van der Waals surface area contributed by atoms with E-state index in [1.807, 2.05) is 0 Å². The lowest BCUT2D eigenvalue weighted by Gasteiger charge is -2.39. The summed E-state index contributed by atoms with van der Waals surface area (Å²) in [5, 5.41) is 3.87. The highest BCUT2D eigenvalue weighted by molar-refractivity contribution is 5.05. The molecule has 3 saturated heterocycles. The van der Waals surface area contributed by atoms with Gasteiger partial charge in [-0.3, -0.25) is 0 Å². The molecule has 0 saturated carbocycles. The van der Waals surface area contributed by atoms with Crippen molar-refractivity contribution in [3.8, 4) is 0 Å². The molecule has 122 valence electrons. The summed E-state index contributed by atoms with van der Waals surface area (Å²) in [4.78, 5) is 0. The molecule has 3 nitrogen and oxygen atoms in total. The molecule has 5 atom stereocenters. The normalized spacial score (nSPS) is 41.6. The zero-order valence-electron chi connectivity index (χ0n) is 14.4. The number of fused-ring (bicyclic) bond motifs is 2. The molecule has 0 spiro atoms.